The van der Waals surface area contributed by atoms with E-state index in [1.165, 1.54) is 11.8 Å². The first-order chi connectivity index (χ1) is 9.42. The number of aromatic nitrogens is 2. The summed E-state index contributed by atoms with van der Waals surface area (Å²) in [5, 5.41) is 2.10. The van der Waals surface area contributed by atoms with Gasteiger partial charge in [-0.25, -0.2) is 4.98 Å². The van der Waals surface area contributed by atoms with Gasteiger partial charge in [-0.2, -0.15) is 0 Å². The minimum atomic E-state index is 0.229. The van der Waals surface area contributed by atoms with Crippen LogP contribution in [-0.4, -0.2) is 15.8 Å². The molecule has 106 valence electrons. The molecule has 0 aliphatic heterocycles. The first-order valence-corrected chi connectivity index (χ1v) is 7.65. The molecule has 0 saturated carbocycles. The van der Waals surface area contributed by atoms with Crippen LogP contribution in [0.5, 0.6) is 0 Å². The summed E-state index contributed by atoms with van der Waals surface area (Å²) in [5.41, 5.74) is 0.899. The van der Waals surface area contributed by atoms with Crippen LogP contribution in [0.15, 0.2) is 28.1 Å². The minimum absolute atomic E-state index is 0.229. The fourth-order valence-corrected chi connectivity index (χ4v) is 3.69. The summed E-state index contributed by atoms with van der Waals surface area (Å²) in [7, 11) is 1.83. The van der Waals surface area contributed by atoms with Gasteiger partial charge < -0.3 is 4.57 Å². The van der Waals surface area contributed by atoms with Gasteiger partial charge in [-0.1, -0.05) is 48.8 Å². The number of hydrogen-bond donors (Lipinski definition) is 0. The summed E-state index contributed by atoms with van der Waals surface area (Å²) in [6.45, 7) is 4.10. The molecule has 6 heteroatoms. The molecule has 0 amide bonds. The Hall–Kier alpha value is -0.970. The molecule has 0 bridgehead atoms. The lowest BCUT2D eigenvalue weighted by molar-refractivity contribution is 0.111. The van der Waals surface area contributed by atoms with Crippen LogP contribution in [0.2, 0.25) is 10.0 Å². The third-order valence-electron chi connectivity index (χ3n) is 2.81. The van der Waals surface area contributed by atoms with E-state index < -0.39 is 0 Å². The Morgan fingerprint density at radius 2 is 1.85 bits per heavy atom. The van der Waals surface area contributed by atoms with Crippen LogP contribution < -0.4 is 0 Å². The van der Waals surface area contributed by atoms with Crippen molar-refractivity contribution in [1.29, 1.82) is 0 Å². The van der Waals surface area contributed by atoms with E-state index in [9.17, 15) is 4.79 Å². The topological polar surface area (TPSA) is 34.9 Å². The average molecular weight is 329 g/mol. The Labute approximate surface area is 132 Å². The molecule has 1 aromatic carbocycles. The van der Waals surface area contributed by atoms with Crippen molar-refractivity contribution in [2.24, 2.45) is 7.05 Å². The molecule has 3 nitrogen and oxygen atoms in total. The molecule has 2 rings (SSSR count). The van der Waals surface area contributed by atoms with Crippen molar-refractivity contribution in [3.63, 3.8) is 0 Å². The fraction of sp³-hybridized carbons (Fsp3) is 0.286. The number of aldehydes is 1. The molecular formula is C14H14Cl2N2OS. The molecule has 0 aliphatic rings. The van der Waals surface area contributed by atoms with Crippen LogP contribution in [0.25, 0.3) is 0 Å². The quantitative estimate of drug-likeness (QED) is 0.755. The third kappa shape index (κ3) is 3.19. The van der Waals surface area contributed by atoms with Gasteiger partial charge in [0.15, 0.2) is 12.1 Å². The molecule has 0 N–H and O–H groups in total. The number of benzene rings is 1. The third-order valence-corrected chi connectivity index (χ3v) is 4.39. The second-order valence-electron chi connectivity index (χ2n) is 4.70. The maximum Gasteiger partial charge on any atom is 0.185 e. The molecule has 0 unspecified atom stereocenters. The zero-order valence-corrected chi connectivity index (χ0v) is 13.7. The Kier molecular flexibility index (Phi) is 4.78. The molecular weight excluding hydrogens is 315 g/mol. The summed E-state index contributed by atoms with van der Waals surface area (Å²) < 4.78 is 1.79. The van der Waals surface area contributed by atoms with Gasteiger partial charge in [0.05, 0.1) is 5.69 Å². The summed E-state index contributed by atoms with van der Waals surface area (Å²) in [5.74, 6) is 0.649. The summed E-state index contributed by atoms with van der Waals surface area (Å²) in [4.78, 5) is 16.3. The first-order valence-electron chi connectivity index (χ1n) is 6.08. The van der Waals surface area contributed by atoms with Crippen molar-refractivity contribution in [3.05, 3.63) is 39.8 Å². The van der Waals surface area contributed by atoms with Gasteiger partial charge >= 0.3 is 0 Å². The molecule has 0 fully saturated rings. The number of carbonyl (C=O) groups excluding carboxylic acids is 1. The molecule has 0 atom stereocenters. The molecule has 0 saturated heterocycles. The number of carbonyl (C=O) groups is 1. The SMILES string of the molecule is CC(C)c1nc(C=O)n(C)c1Sc1cc(Cl)cc(Cl)c1. The predicted molar refractivity (Wildman–Crippen MR) is 83.3 cm³/mol. The molecule has 20 heavy (non-hydrogen) atoms. The summed E-state index contributed by atoms with van der Waals surface area (Å²) in [6.07, 6.45) is 0.765. The number of hydrogen-bond acceptors (Lipinski definition) is 3. The normalized spacial score (nSPS) is 11.1. The number of nitrogens with zero attached hydrogens (tertiary/aromatic N) is 2. The van der Waals surface area contributed by atoms with E-state index >= 15 is 0 Å². The van der Waals surface area contributed by atoms with E-state index in [-0.39, 0.29) is 5.92 Å². The van der Waals surface area contributed by atoms with Crippen LogP contribution in [0.4, 0.5) is 0 Å². The first kappa shape index (κ1) is 15.4. The second-order valence-corrected chi connectivity index (χ2v) is 6.63. The van der Waals surface area contributed by atoms with Crippen LogP contribution in [-0.2, 0) is 7.05 Å². The van der Waals surface area contributed by atoms with Gasteiger partial charge in [0, 0.05) is 22.0 Å². The molecule has 1 aromatic heterocycles. The summed E-state index contributed by atoms with van der Waals surface area (Å²) in [6, 6.07) is 5.38. The Morgan fingerprint density at radius 3 is 2.35 bits per heavy atom. The highest BCUT2D eigenvalue weighted by Crippen LogP contribution is 2.36. The van der Waals surface area contributed by atoms with E-state index in [4.69, 9.17) is 23.2 Å². The lowest BCUT2D eigenvalue weighted by Gasteiger charge is -2.09. The van der Waals surface area contributed by atoms with Gasteiger partial charge in [0.1, 0.15) is 5.03 Å². The van der Waals surface area contributed by atoms with E-state index in [0.717, 1.165) is 21.9 Å². The maximum absolute atomic E-state index is 11.0. The van der Waals surface area contributed by atoms with E-state index in [0.29, 0.717) is 15.9 Å². The van der Waals surface area contributed by atoms with Gasteiger partial charge in [-0.15, -0.1) is 0 Å². The smallest absolute Gasteiger partial charge is 0.185 e. The van der Waals surface area contributed by atoms with Gasteiger partial charge in [-0.3, -0.25) is 4.79 Å². The lowest BCUT2D eigenvalue weighted by atomic mass is 10.2. The maximum atomic E-state index is 11.0. The largest absolute Gasteiger partial charge is 0.320 e. The van der Waals surface area contributed by atoms with Crippen LogP contribution in [0.1, 0.15) is 36.1 Å². The minimum Gasteiger partial charge on any atom is -0.320 e. The van der Waals surface area contributed by atoms with Crippen molar-refractivity contribution in [1.82, 2.24) is 9.55 Å². The Bertz CT molecular complexity index is 633. The predicted octanol–water partition coefficient (Wildman–Crippen LogP) is 4.81. The number of rotatable bonds is 4. The van der Waals surface area contributed by atoms with Crippen molar-refractivity contribution in [2.45, 2.75) is 29.7 Å². The molecule has 2 aromatic rings. The zero-order valence-electron chi connectivity index (χ0n) is 11.4. The molecule has 0 radical (unpaired) electrons. The zero-order chi connectivity index (χ0) is 14.9. The highest BCUT2D eigenvalue weighted by Gasteiger charge is 2.18. The fourth-order valence-electron chi connectivity index (χ4n) is 1.82. The molecule has 0 spiro atoms. The van der Waals surface area contributed by atoms with Crippen molar-refractivity contribution in [3.8, 4) is 0 Å². The van der Waals surface area contributed by atoms with Crippen molar-refractivity contribution in [2.75, 3.05) is 0 Å². The highest BCUT2D eigenvalue weighted by atomic mass is 35.5. The van der Waals surface area contributed by atoms with E-state index in [1.807, 2.05) is 33.0 Å². The van der Waals surface area contributed by atoms with Crippen LogP contribution in [0.3, 0.4) is 0 Å². The standard InChI is InChI=1S/C14H14Cl2N2OS/c1-8(2)13-14(18(3)12(7-19)17-13)20-11-5-9(15)4-10(16)6-11/h4-8H,1-3H3. The van der Waals surface area contributed by atoms with Gasteiger partial charge in [0.25, 0.3) is 0 Å². The molecule has 1 heterocycles. The van der Waals surface area contributed by atoms with Gasteiger partial charge in [-0.05, 0) is 24.1 Å². The summed E-state index contributed by atoms with van der Waals surface area (Å²) >= 11 is 13.5. The molecule has 0 aliphatic carbocycles. The van der Waals surface area contributed by atoms with Crippen molar-refractivity contribution >= 4 is 41.2 Å². The average Bonchev–Trinajstić information content (AvgIpc) is 2.65. The number of imidazole rings is 1. The van der Waals surface area contributed by atoms with Crippen LogP contribution in [0, 0.1) is 0 Å². The van der Waals surface area contributed by atoms with E-state index in [1.54, 1.807) is 10.6 Å². The van der Waals surface area contributed by atoms with Gasteiger partial charge in [0.2, 0.25) is 0 Å². The van der Waals surface area contributed by atoms with Crippen LogP contribution >= 0.6 is 35.0 Å². The number of halogens is 2. The Balaban J connectivity index is 2.46. The lowest BCUT2D eigenvalue weighted by Crippen LogP contribution is -1.97. The Morgan fingerprint density at radius 1 is 1.25 bits per heavy atom. The van der Waals surface area contributed by atoms with E-state index in [2.05, 4.69) is 4.98 Å². The monoisotopic (exact) mass is 328 g/mol. The van der Waals surface area contributed by atoms with Crippen molar-refractivity contribution < 1.29 is 4.79 Å². The highest BCUT2D eigenvalue weighted by molar-refractivity contribution is 7.99. The second kappa shape index (κ2) is 6.20.